The molecule has 56 heavy (non-hydrogen) atoms. The second-order valence-electron chi connectivity index (χ2n) is 18.4. The zero-order valence-electron chi connectivity index (χ0n) is 36.8. The van der Waals surface area contributed by atoms with Crippen molar-refractivity contribution in [1.29, 1.82) is 0 Å². The van der Waals surface area contributed by atoms with E-state index in [0.717, 1.165) is 57.4 Å². The molecule has 0 fully saturated rings. The molecule has 2 aliphatic carbocycles. The monoisotopic (exact) mass is 761 g/mol. The maximum Gasteiger partial charge on any atom is 0.310 e. The average Bonchev–Trinajstić information content (AvgIpc) is 3.48. The minimum absolute atomic E-state index is 0.0499. The average molecular weight is 761 g/mol. The Kier molecular flexibility index (Phi) is 16.5. The van der Waals surface area contributed by atoms with Crippen LogP contribution in [0.3, 0.4) is 0 Å². The van der Waals surface area contributed by atoms with Gasteiger partial charge in [-0.05, 0) is 126 Å². The molecular weight excluding hydrogens is 693 g/mol. The molecule has 2 aliphatic rings. The van der Waals surface area contributed by atoms with Crippen molar-refractivity contribution in [3.8, 4) is 0 Å². The van der Waals surface area contributed by atoms with E-state index in [1.54, 1.807) is 0 Å². The van der Waals surface area contributed by atoms with Crippen molar-refractivity contribution in [2.24, 2.45) is 28.6 Å². The summed E-state index contributed by atoms with van der Waals surface area (Å²) in [7, 11) is 1.82. The fourth-order valence-electron chi connectivity index (χ4n) is 7.48. The van der Waals surface area contributed by atoms with Crippen LogP contribution in [0.15, 0.2) is 124 Å². The lowest BCUT2D eigenvalue weighted by Crippen LogP contribution is -2.38. The summed E-state index contributed by atoms with van der Waals surface area (Å²) in [5, 5.41) is 0. The van der Waals surface area contributed by atoms with E-state index in [2.05, 4.69) is 115 Å². The van der Waals surface area contributed by atoms with Gasteiger partial charge in [-0.3, -0.25) is 9.59 Å². The van der Waals surface area contributed by atoms with Gasteiger partial charge in [-0.25, -0.2) is 0 Å². The molecule has 0 aliphatic heterocycles. The molecule has 5 nitrogen and oxygen atoms in total. The third-order valence-electron chi connectivity index (χ3n) is 10.1. The third-order valence-corrected chi connectivity index (χ3v) is 10.1. The van der Waals surface area contributed by atoms with E-state index in [1.807, 2.05) is 78.2 Å². The number of benzene rings is 1. The summed E-state index contributed by atoms with van der Waals surface area (Å²) in [5.41, 5.74) is 14.6. The number of allylic oxidation sites excluding steroid dienone is 12. The first kappa shape index (κ1) is 46.0. The first-order valence-electron chi connectivity index (χ1n) is 20.2. The van der Waals surface area contributed by atoms with Crippen LogP contribution in [0, 0.1) is 28.6 Å². The van der Waals surface area contributed by atoms with Crippen molar-refractivity contribution < 1.29 is 23.8 Å². The Labute approximate surface area is 339 Å². The number of hydrogen-bond donors (Lipinski definition) is 0. The van der Waals surface area contributed by atoms with Gasteiger partial charge in [-0.1, -0.05) is 117 Å². The second kappa shape index (κ2) is 20.1. The summed E-state index contributed by atoms with van der Waals surface area (Å²) in [6.45, 7) is 27.5. The van der Waals surface area contributed by atoms with Crippen LogP contribution < -0.4 is 0 Å². The van der Waals surface area contributed by atoms with E-state index in [0.29, 0.717) is 5.92 Å². The largest absolute Gasteiger partial charge is 0.461 e. The summed E-state index contributed by atoms with van der Waals surface area (Å²) in [6, 6.07) is 8.07. The fourth-order valence-corrected chi connectivity index (χ4v) is 7.48. The van der Waals surface area contributed by atoms with Gasteiger partial charge in [-0.15, -0.1) is 11.5 Å². The van der Waals surface area contributed by atoms with Crippen LogP contribution in [0.4, 0.5) is 0 Å². The van der Waals surface area contributed by atoms with Crippen molar-refractivity contribution in [3.63, 3.8) is 0 Å². The van der Waals surface area contributed by atoms with Gasteiger partial charge in [0.2, 0.25) is 0 Å². The van der Waals surface area contributed by atoms with Crippen LogP contribution >= 0.6 is 0 Å². The number of esters is 2. The predicted octanol–water partition coefficient (Wildman–Crippen LogP) is 12.4. The molecule has 0 N–H and O–H groups in total. The number of hydrogen-bond acceptors (Lipinski definition) is 5. The Balaban J connectivity index is 1.97. The molecule has 4 unspecified atom stereocenters. The Hall–Kier alpha value is -4.40. The maximum atomic E-state index is 12.7. The van der Waals surface area contributed by atoms with E-state index in [1.165, 1.54) is 0 Å². The van der Waals surface area contributed by atoms with Gasteiger partial charge in [0.25, 0.3) is 0 Å². The van der Waals surface area contributed by atoms with Crippen molar-refractivity contribution in [1.82, 2.24) is 0 Å². The summed E-state index contributed by atoms with van der Waals surface area (Å²) in [4.78, 5) is 25.2. The maximum absolute atomic E-state index is 12.7. The van der Waals surface area contributed by atoms with Crippen molar-refractivity contribution >= 4 is 17.5 Å². The van der Waals surface area contributed by atoms with Crippen LogP contribution in [0.5, 0.6) is 0 Å². The molecular formula is C51H68O5. The number of ether oxygens (including phenoxy) is 3. The number of carbonyl (C=O) groups is 2. The molecule has 0 amide bonds. The standard InChI is InChI=1S/C51H68O5/c1-15-38(21-18-30-55-48(53)35(3)34-49(5,6)7)42-28-29-43(33-44(32-42)41-24-22-37(23-25-41)31-46(52)56-51(11,12)13)40-20-17-19-39(26-27-40)36(4)47(54-14)45(16-2)50(8,9)10/h15,17-18,20-28,32-33,35-36,45,47H,16,30-31,34H2,1-14H3/b21-18-,38-15+. The van der Waals surface area contributed by atoms with Crippen LogP contribution in [0.25, 0.3) is 5.57 Å². The Morgan fingerprint density at radius 3 is 2.14 bits per heavy atom. The molecule has 0 heterocycles. The molecule has 4 atom stereocenters. The van der Waals surface area contributed by atoms with Gasteiger partial charge in [0.1, 0.15) is 12.2 Å². The van der Waals surface area contributed by atoms with Gasteiger partial charge in [-0.2, -0.15) is 0 Å². The van der Waals surface area contributed by atoms with Gasteiger partial charge in [0, 0.05) is 18.6 Å². The first-order chi connectivity index (χ1) is 26.1. The van der Waals surface area contributed by atoms with E-state index in [4.69, 9.17) is 14.2 Å². The molecule has 302 valence electrons. The molecule has 1 aromatic rings. The molecule has 3 rings (SSSR count). The van der Waals surface area contributed by atoms with Gasteiger partial charge >= 0.3 is 11.9 Å². The van der Waals surface area contributed by atoms with Gasteiger partial charge in [0.15, 0.2) is 0 Å². The number of carbonyl (C=O) groups excluding carboxylic acids is 2. The third kappa shape index (κ3) is 14.3. The van der Waals surface area contributed by atoms with E-state index >= 15 is 0 Å². The Bertz CT molecular complexity index is 1870. The Morgan fingerprint density at radius 1 is 0.893 bits per heavy atom. The predicted molar refractivity (Wildman–Crippen MR) is 233 cm³/mol. The molecule has 0 radical (unpaired) electrons. The van der Waals surface area contributed by atoms with Crippen molar-refractivity contribution in [2.75, 3.05) is 13.7 Å². The lowest BCUT2D eigenvalue weighted by molar-refractivity contribution is -0.154. The summed E-state index contributed by atoms with van der Waals surface area (Å²) in [6.07, 6.45) is 22.7. The highest BCUT2D eigenvalue weighted by Crippen LogP contribution is 2.38. The van der Waals surface area contributed by atoms with E-state index in [9.17, 15) is 9.59 Å². The van der Waals surface area contributed by atoms with Crippen LogP contribution in [-0.4, -0.2) is 37.4 Å². The zero-order valence-corrected chi connectivity index (χ0v) is 36.8. The highest BCUT2D eigenvalue weighted by Gasteiger charge is 2.35. The van der Waals surface area contributed by atoms with Crippen LogP contribution in [0.1, 0.15) is 114 Å². The minimum atomic E-state index is -0.537. The summed E-state index contributed by atoms with van der Waals surface area (Å²) < 4.78 is 17.3. The summed E-state index contributed by atoms with van der Waals surface area (Å²) in [5.74, 6) is -0.0727. The Morgan fingerprint density at radius 2 is 1.57 bits per heavy atom. The number of rotatable bonds is 15. The fraction of sp³-hybridized carbons (Fsp3) is 0.490. The zero-order chi connectivity index (χ0) is 41.8. The quantitative estimate of drug-likeness (QED) is 0.101. The second-order valence-corrected chi connectivity index (χ2v) is 18.4. The summed E-state index contributed by atoms with van der Waals surface area (Å²) >= 11 is 0. The minimum Gasteiger partial charge on any atom is -0.461 e. The molecule has 5 heteroatoms. The van der Waals surface area contributed by atoms with Gasteiger partial charge < -0.3 is 14.2 Å². The topological polar surface area (TPSA) is 61.8 Å². The highest BCUT2D eigenvalue weighted by molar-refractivity contribution is 5.82. The highest BCUT2D eigenvalue weighted by atomic mass is 16.6. The molecule has 0 bridgehead atoms. The molecule has 0 spiro atoms. The van der Waals surface area contributed by atoms with Crippen LogP contribution in [-0.2, 0) is 30.2 Å². The smallest absolute Gasteiger partial charge is 0.310 e. The lowest BCUT2D eigenvalue weighted by Gasteiger charge is -2.39. The van der Waals surface area contributed by atoms with Gasteiger partial charge in [0.05, 0.1) is 18.4 Å². The normalized spacial score (nSPS) is 17.5. The molecule has 0 saturated heterocycles. The van der Waals surface area contributed by atoms with Crippen molar-refractivity contribution in [2.45, 2.75) is 121 Å². The molecule has 0 aromatic heterocycles. The SMILES string of the molecule is C/C=C(\C=C/COC(=O)C(C)CC(C)(C)C)C1=CC(c2ccc(CC(=O)OC(C)(C)C)cc2)=CC(C2=CC=C=C(C(C)C(OC)C(CC)C(C)(C)C)C=C2)=C=C1. The van der Waals surface area contributed by atoms with E-state index < -0.39 is 5.60 Å². The van der Waals surface area contributed by atoms with Crippen molar-refractivity contribution in [3.05, 3.63) is 135 Å². The molecule has 1 aromatic carbocycles. The van der Waals surface area contributed by atoms with Crippen LogP contribution in [0.2, 0.25) is 0 Å². The first-order valence-corrected chi connectivity index (χ1v) is 20.2. The van der Waals surface area contributed by atoms with E-state index in [-0.39, 0.29) is 53.7 Å². The number of methoxy groups -OCH3 is 1. The lowest BCUT2D eigenvalue weighted by atomic mass is 9.71. The molecule has 0 saturated carbocycles.